The minimum absolute atomic E-state index is 0.0267. The van der Waals surface area contributed by atoms with E-state index in [0.29, 0.717) is 11.3 Å². The molecule has 0 saturated carbocycles. The molecule has 2 aromatic carbocycles. The smallest absolute Gasteiger partial charge is 0.272 e. The minimum atomic E-state index is -0.431. The third-order valence-corrected chi connectivity index (χ3v) is 4.66. The van der Waals surface area contributed by atoms with Gasteiger partial charge in [0.2, 0.25) is 0 Å². The van der Waals surface area contributed by atoms with Gasteiger partial charge in [0.15, 0.2) is 4.80 Å². The molecule has 0 aliphatic carbocycles. The van der Waals surface area contributed by atoms with Crippen LogP contribution in [0.25, 0.3) is 16.3 Å². The van der Waals surface area contributed by atoms with Gasteiger partial charge in [-0.25, -0.2) is 0 Å². The molecular formula is C18H15N3O3S. The van der Waals surface area contributed by atoms with Gasteiger partial charge in [0, 0.05) is 24.8 Å². The number of non-ortho nitro benzene ring substituents is 1. The summed E-state index contributed by atoms with van der Waals surface area (Å²) in [5.74, 6) is -0.368. The molecule has 3 rings (SSSR count). The number of fused-ring (bicyclic) bond motifs is 1. The van der Waals surface area contributed by atoms with E-state index < -0.39 is 4.92 Å². The summed E-state index contributed by atoms with van der Waals surface area (Å²) in [4.78, 5) is 27.3. The second-order valence-electron chi connectivity index (χ2n) is 5.23. The fourth-order valence-electron chi connectivity index (χ4n) is 2.43. The number of benzene rings is 2. The summed E-state index contributed by atoms with van der Waals surface area (Å²) in [6.07, 6.45) is 3.13. The highest BCUT2D eigenvalue weighted by Gasteiger charge is 2.11. The summed E-state index contributed by atoms with van der Waals surface area (Å²) in [5.41, 5.74) is 1.77. The molecule has 6 nitrogen and oxygen atoms in total. The molecule has 0 spiro atoms. The number of nitro benzene ring substituents is 1. The zero-order valence-corrected chi connectivity index (χ0v) is 14.3. The largest absolute Gasteiger partial charge is 0.317 e. The van der Waals surface area contributed by atoms with Gasteiger partial charge in [-0.05, 0) is 24.6 Å². The first-order valence-electron chi connectivity index (χ1n) is 7.68. The molecule has 3 aromatic rings. The van der Waals surface area contributed by atoms with Gasteiger partial charge >= 0.3 is 0 Å². The Hall–Kier alpha value is -3.06. The first-order chi connectivity index (χ1) is 12.1. The Labute approximate surface area is 147 Å². The van der Waals surface area contributed by atoms with Gasteiger partial charge in [-0.1, -0.05) is 41.7 Å². The van der Waals surface area contributed by atoms with Crippen LogP contribution in [0.2, 0.25) is 0 Å². The molecule has 1 aromatic heterocycles. The Bertz CT molecular complexity index is 1030. The highest BCUT2D eigenvalue weighted by Crippen LogP contribution is 2.23. The van der Waals surface area contributed by atoms with Crippen LogP contribution in [0, 0.1) is 10.1 Å². The Morgan fingerprint density at radius 2 is 2.04 bits per heavy atom. The van der Waals surface area contributed by atoms with Crippen molar-refractivity contribution in [2.24, 2.45) is 4.99 Å². The van der Waals surface area contributed by atoms with Gasteiger partial charge in [-0.15, -0.1) is 0 Å². The van der Waals surface area contributed by atoms with E-state index in [1.807, 2.05) is 41.8 Å². The van der Waals surface area contributed by atoms with Crippen molar-refractivity contribution in [3.8, 4) is 0 Å². The van der Waals surface area contributed by atoms with Crippen LogP contribution in [0.15, 0.2) is 59.6 Å². The standard InChI is InChI=1S/C18H15N3O3S/c1-2-20-15-10-9-14(21(23)24)12-16(15)25-18(20)19-17(22)11-8-13-6-4-3-5-7-13/h3-12H,2H2,1H3/b11-8+,19-18?. The van der Waals surface area contributed by atoms with Crippen molar-refractivity contribution in [2.45, 2.75) is 13.5 Å². The molecule has 0 aliphatic heterocycles. The second kappa shape index (κ2) is 7.23. The highest BCUT2D eigenvalue weighted by atomic mass is 32.1. The van der Waals surface area contributed by atoms with Crippen molar-refractivity contribution >= 4 is 39.2 Å². The Balaban J connectivity index is 1.99. The predicted octanol–water partition coefficient (Wildman–Crippen LogP) is 3.77. The van der Waals surface area contributed by atoms with E-state index in [4.69, 9.17) is 0 Å². The first kappa shape index (κ1) is 16.8. The SMILES string of the molecule is CCn1c(=NC(=O)/C=C/c2ccccc2)sc2cc([N+](=O)[O-])ccc21. The van der Waals surface area contributed by atoms with Gasteiger partial charge in [0.05, 0.1) is 15.1 Å². The van der Waals surface area contributed by atoms with Crippen molar-refractivity contribution in [3.63, 3.8) is 0 Å². The van der Waals surface area contributed by atoms with Crippen LogP contribution in [-0.4, -0.2) is 15.4 Å². The molecule has 126 valence electrons. The topological polar surface area (TPSA) is 77.5 Å². The number of thiazole rings is 1. The maximum atomic E-state index is 12.1. The molecule has 0 N–H and O–H groups in total. The molecule has 0 unspecified atom stereocenters. The quantitative estimate of drug-likeness (QED) is 0.407. The van der Waals surface area contributed by atoms with E-state index in [0.717, 1.165) is 15.8 Å². The lowest BCUT2D eigenvalue weighted by Gasteiger charge is -1.99. The molecule has 0 atom stereocenters. The van der Waals surface area contributed by atoms with E-state index in [1.54, 1.807) is 12.1 Å². The number of nitrogens with zero attached hydrogens (tertiary/aromatic N) is 3. The number of hydrogen-bond donors (Lipinski definition) is 0. The zero-order chi connectivity index (χ0) is 17.8. The zero-order valence-electron chi connectivity index (χ0n) is 13.5. The van der Waals surface area contributed by atoms with Gasteiger partial charge in [0.1, 0.15) is 0 Å². The first-order valence-corrected chi connectivity index (χ1v) is 8.49. The van der Waals surface area contributed by atoms with Gasteiger partial charge in [-0.3, -0.25) is 14.9 Å². The van der Waals surface area contributed by atoms with Crippen LogP contribution >= 0.6 is 11.3 Å². The third-order valence-electron chi connectivity index (χ3n) is 3.62. The van der Waals surface area contributed by atoms with Crippen LogP contribution in [0.3, 0.4) is 0 Å². The number of amides is 1. The normalized spacial score (nSPS) is 12.1. The van der Waals surface area contributed by atoms with E-state index in [9.17, 15) is 14.9 Å². The number of nitro groups is 1. The van der Waals surface area contributed by atoms with Crippen LogP contribution < -0.4 is 4.80 Å². The average molecular weight is 353 g/mol. The Morgan fingerprint density at radius 1 is 1.28 bits per heavy atom. The second-order valence-corrected chi connectivity index (χ2v) is 6.24. The van der Waals surface area contributed by atoms with E-state index >= 15 is 0 Å². The molecule has 0 fully saturated rings. The lowest BCUT2D eigenvalue weighted by Crippen LogP contribution is -2.15. The number of aryl methyl sites for hydroxylation is 1. The minimum Gasteiger partial charge on any atom is -0.317 e. The number of hydrogen-bond acceptors (Lipinski definition) is 4. The van der Waals surface area contributed by atoms with Crippen molar-refractivity contribution in [3.05, 3.63) is 75.1 Å². The molecule has 0 bridgehead atoms. The molecule has 25 heavy (non-hydrogen) atoms. The maximum absolute atomic E-state index is 12.1. The van der Waals surface area contributed by atoms with Crippen LogP contribution in [0.1, 0.15) is 12.5 Å². The lowest BCUT2D eigenvalue weighted by atomic mass is 10.2. The maximum Gasteiger partial charge on any atom is 0.272 e. The summed E-state index contributed by atoms with van der Waals surface area (Å²) < 4.78 is 2.60. The summed E-state index contributed by atoms with van der Waals surface area (Å²) in [5, 5.41) is 10.9. The van der Waals surface area contributed by atoms with Crippen molar-refractivity contribution in [1.29, 1.82) is 0 Å². The van der Waals surface area contributed by atoms with Crippen molar-refractivity contribution < 1.29 is 9.72 Å². The van der Waals surface area contributed by atoms with Gasteiger partial charge in [0.25, 0.3) is 11.6 Å². The van der Waals surface area contributed by atoms with Crippen LogP contribution in [-0.2, 0) is 11.3 Å². The highest BCUT2D eigenvalue weighted by molar-refractivity contribution is 7.16. The lowest BCUT2D eigenvalue weighted by molar-refractivity contribution is -0.384. The molecule has 7 heteroatoms. The fourth-order valence-corrected chi connectivity index (χ4v) is 3.56. The molecular weight excluding hydrogens is 338 g/mol. The van der Waals surface area contributed by atoms with E-state index in [2.05, 4.69) is 4.99 Å². The monoisotopic (exact) mass is 353 g/mol. The third kappa shape index (κ3) is 3.72. The van der Waals surface area contributed by atoms with Crippen molar-refractivity contribution in [1.82, 2.24) is 4.57 Å². The molecule has 0 radical (unpaired) electrons. The molecule has 0 aliphatic rings. The van der Waals surface area contributed by atoms with Crippen LogP contribution in [0.5, 0.6) is 0 Å². The van der Waals surface area contributed by atoms with Crippen LogP contribution in [0.4, 0.5) is 5.69 Å². The van der Waals surface area contributed by atoms with Gasteiger partial charge in [-0.2, -0.15) is 4.99 Å². The fraction of sp³-hybridized carbons (Fsp3) is 0.111. The average Bonchev–Trinajstić information content (AvgIpc) is 2.96. The Kier molecular flexibility index (Phi) is 4.85. The molecule has 1 heterocycles. The molecule has 0 saturated heterocycles. The van der Waals surface area contributed by atoms with E-state index in [1.165, 1.54) is 29.5 Å². The Morgan fingerprint density at radius 3 is 2.72 bits per heavy atom. The van der Waals surface area contributed by atoms with Crippen molar-refractivity contribution in [2.75, 3.05) is 0 Å². The summed E-state index contributed by atoms with van der Waals surface area (Å²) in [6.45, 7) is 2.56. The molecule has 1 amide bonds. The number of aromatic nitrogens is 1. The predicted molar refractivity (Wildman–Crippen MR) is 98.2 cm³/mol. The van der Waals surface area contributed by atoms with E-state index in [-0.39, 0.29) is 11.6 Å². The summed E-state index contributed by atoms with van der Waals surface area (Å²) in [6, 6.07) is 14.2. The van der Waals surface area contributed by atoms with Gasteiger partial charge < -0.3 is 4.57 Å². The number of carbonyl (C=O) groups excluding carboxylic acids is 1. The number of carbonyl (C=O) groups is 1. The number of rotatable bonds is 4. The summed E-state index contributed by atoms with van der Waals surface area (Å²) >= 11 is 1.27. The summed E-state index contributed by atoms with van der Waals surface area (Å²) in [7, 11) is 0.